The van der Waals surface area contributed by atoms with E-state index in [4.69, 9.17) is 9.26 Å². The molecule has 0 radical (unpaired) electrons. The fourth-order valence-electron chi connectivity index (χ4n) is 2.91. The molecule has 3 aromatic rings. The number of thioether (sulfide) groups is 1. The van der Waals surface area contributed by atoms with Gasteiger partial charge in [-0.05, 0) is 40.4 Å². The van der Waals surface area contributed by atoms with Crippen LogP contribution in [0.4, 0.5) is 11.6 Å². The Balaban J connectivity index is 1.52. The number of hydrogen-bond donors (Lipinski definition) is 0. The van der Waals surface area contributed by atoms with Crippen LogP contribution in [0.25, 0.3) is 6.08 Å². The molecule has 168 valence electrons. The Hall–Kier alpha value is -3.83. The highest BCUT2D eigenvalue weighted by Gasteiger charge is 2.31. The summed E-state index contributed by atoms with van der Waals surface area (Å²) in [6.07, 6.45) is 6.48. The molecule has 0 saturated carbocycles. The van der Waals surface area contributed by atoms with Gasteiger partial charge in [-0.3, -0.25) is 19.2 Å². The van der Waals surface area contributed by atoms with Crippen LogP contribution < -0.4 is 14.7 Å². The second-order valence-corrected chi connectivity index (χ2v) is 7.72. The summed E-state index contributed by atoms with van der Waals surface area (Å²) in [7, 11) is 1.58. The summed E-state index contributed by atoms with van der Waals surface area (Å²) < 4.78 is 11.5. The van der Waals surface area contributed by atoms with E-state index in [1.54, 1.807) is 43.8 Å². The van der Waals surface area contributed by atoms with Gasteiger partial charge in [-0.25, -0.2) is 9.98 Å². The quantitative estimate of drug-likeness (QED) is 0.215. The standard InChI is InChI=1S/C22H20N6O4S/c1-31-11-10-27-14-20(32-26-27)25-19(29)15-33-22-24-18(12-16-6-5-9-23-13-16)21(30)28(22)17-7-3-2-4-8-17/h2-9,12-14H,10-11,15H2,1H3/b18-12+. The highest BCUT2D eigenvalue weighted by Crippen LogP contribution is 2.29. The number of hydrogen-bond acceptors (Lipinski definition) is 9. The number of rotatable bonds is 8. The highest BCUT2D eigenvalue weighted by molar-refractivity contribution is 8.14. The van der Waals surface area contributed by atoms with Crippen LogP contribution >= 0.6 is 11.8 Å². The highest BCUT2D eigenvalue weighted by atomic mass is 32.2. The van der Waals surface area contributed by atoms with Crippen molar-refractivity contribution in [2.24, 2.45) is 9.98 Å². The molecule has 0 fully saturated rings. The van der Waals surface area contributed by atoms with Crippen molar-refractivity contribution in [3.8, 4) is 0 Å². The van der Waals surface area contributed by atoms with E-state index >= 15 is 0 Å². The second-order valence-electron chi connectivity index (χ2n) is 6.78. The molecule has 1 amide bonds. The number of amides is 1. The maximum absolute atomic E-state index is 13.1. The van der Waals surface area contributed by atoms with Gasteiger partial charge in [0.05, 0.1) is 5.69 Å². The van der Waals surface area contributed by atoms with Gasteiger partial charge in [0.2, 0.25) is 11.8 Å². The van der Waals surface area contributed by atoms with Gasteiger partial charge in [0, 0.05) is 25.3 Å². The predicted octanol–water partition coefficient (Wildman–Crippen LogP) is 1.57. The maximum Gasteiger partial charge on any atom is 0.320 e. The summed E-state index contributed by atoms with van der Waals surface area (Å²) in [4.78, 5) is 27.1. The number of nitrogens with zero attached hydrogens (tertiary/aromatic N) is 6. The largest absolute Gasteiger partial charge is 0.861 e. The molecule has 0 unspecified atom stereocenters. The van der Waals surface area contributed by atoms with E-state index in [-0.39, 0.29) is 23.2 Å². The van der Waals surface area contributed by atoms with Crippen LogP contribution in [0, 0.1) is 0 Å². The van der Waals surface area contributed by atoms with Gasteiger partial charge in [0.15, 0.2) is 5.17 Å². The first-order chi connectivity index (χ1) is 16.1. The first-order valence-electron chi connectivity index (χ1n) is 9.97. The zero-order valence-electron chi connectivity index (χ0n) is 17.7. The van der Waals surface area contributed by atoms with E-state index in [0.717, 1.165) is 17.3 Å². The normalized spacial score (nSPS) is 15.4. The number of benzene rings is 1. The zero-order chi connectivity index (χ0) is 23.0. The number of aliphatic imine (C=N–C) groups is 2. The molecule has 1 aliphatic heterocycles. The molecule has 0 saturated heterocycles. The molecule has 3 heterocycles. The molecule has 33 heavy (non-hydrogen) atoms. The van der Waals surface area contributed by atoms with Gasteiger partial charge in [-0.2, -0.15) is 0 Å². The number of anilines is 1. The molecule has 1 aliphatic rings. The number of carbonyl (C=O) groups is 1. The third kappa shape index (κ3) is 5.70. The third-order valence-electron chi connectivity index (χ3n) is 4.41. The van der Waals surface area contributed by atoms with Crippen molar-refractivity contribution in [3.05, 3.63) is 72.3 Å². The molecule has 0 atom stereocenters. The number of pyridine rings is 1. The average Bonchev–Trinajstić information content (AvgIpc) is 3.41. The van der Waals surface area contributed by atoms with Gasteiger partial charge in [0.1, 0.15) is 12.3 Å². The molecule has 10 nitrogen and oxygen atoms in total. The topological polar surface area (TPSA) is 120 Å². The number of ether oxygens (including phenoxy) is 1. The lowest BCUT2D eigenvalue weighted by atomic mass is 10.2. The Morgan fingerprint density at radius 3 is 2.91 bits per heavy atom. The van der Waals surface area contributed by atoms with Crippen LogP contribution in [-0.4, -0.2) is 46.7 Å². The van der Waals surface area contributed by atoms with Crippen molar-refractivity contribution in [3.63, 3.8) is 0 Å². The molecule has 0 spiro atoms. The minimum atomic E-state index is -0.442. The molecule has 0 N–H and O–H groups in total. The average molecular weight is 465 g/mol. The van der Waals surface area contributed by atoms with E-state index in [1.165, 1.54) is 15.8 Å². The van der Waals surface area contributed by atoms with E-state index in [1.807, 2.05) is 24.3 Å². The SMILES string of the molecule is COCC[n+]1cc(/N=C(/[O-])CSC2=N/C(=C/c3cccnc3)C(=O)N2c2ccccc2)on1. The van der Waals surface area contributed by atoms with Gasteiger partial charge in [0.25, 0.3) is 12.1 Å². The number of aromatic nitrogens is 3. The van der Waals surface area contributed by atoms with Crippen molar-refractivity contribution in [1.82, 2.24) is 10.3 Å². The van der Waals surface area contributed by atoms with Crippen molar-refractivity contribution in [1.29, 1.82) is 0 Å². The Labute approximate surface area is 193 Å². The zero-order valence-corrected chi connectivity index (χ0v) is 18.5. The summed E-state index contributed by atoms with van der Waals surface area (Å²) in [5, 5.41) is 16.6. The Morgan fingerprint density at radius 2 is 2.15 bits per heavy atom. The van der Waals surface area contributed by atoms with Crippen LogP contribution in [0.5, 0.6) is 0 Å². The van der Waals surface area contributed by atoms with E-state index in [2.05, 4.69) is 20.2 Å². The third-order valence-corrected chi connectivity index (χ3v) is 5.34. The first kappa shape index (κ1) is 22.4. The van der Waals surface area contributed by atoms with Crippen LogP contribution in [-0.2, 0) is 16.1 Å². The van der Waals surface area contributed by atoms with Crippen LogP contribution in [0.15, 0.2) is 81.3 Å². The van der Waals surface area contributed by atoms with Crippen LogP contribution in [0.3, 0.4) is 0 Å². The molecule has 0 aliphatic carbocycles. The Bertz CT molecular complexity index is 1190. The summed E-state index contributed by atoms with van der Waals surface area (Å²) in [5.41, 5.74) is 1.66. The summed E-state index contributed by atoms with van der Waals surface area (Å²) >= 11 is 1.12. The van der Waals surface area contributed by atoms with Crippen LogP contribution in [0.2, 0.25) is 0 Å². The smallest absolute Gasteiger partial charge is 0.320 e. The fraction of sp³-hybridized carbons (Fsp3) is 0.182. The van der Waals surface area contributed by atoms with Gasteiger partial charge < -0.3 is 9.84 Å². The maximum atomic E-state index is 13.1. The van der Waals surface area contributed by atoms with Gasteiger partial charge in [-0.1, -0.05) is 36.0 Å². The molecule has 11 heteroatoms. The number of amidine groups is 1. The summed E-state index contributed by atoms with van der Waals surface area (Å²) in [6, 6.07) is 12.7. The van der Waals surface area contributed by atoms with Crippen molar-refractivity contribution in [2.45, 2.75) is 6.54 Å². The minimum Gasteiger partial charge on any atom is -0.861 e. The molecule has 1 aromatic carbocycles. The molecule has 0 bridgehead atoms. The Morgan fingerprint density at radius 1 is 1.30 bits per heavy atom. The van der Waals surface area contributed by atoms with E-state index in [0.29, 0.717) is 24.0 Å². The van der Waals surface area contributed by atoms with Crippen molar-refractivity contribution >= 4 is 46.4 Å². The monoisotopic (exact) mass is 464 g/mol. The summed E-state index contributed by atoms with van der Waals surface area (Å²) in [6.45, 7) is 0.938. The molecular formula is C22H20N6O4S. The van der Waals surface area contributed by atoms with E-state index < -0.39 is 5.90 Å². The lowest BCUT2D eigenvalue weighted by Crippen LogP contribution is -2.36. The van der Waals surface area contributed by atoms with Gasteiger partial charge >= 0.3 is 5.88 Å². The minimum absolute atomic E-state index is 0.0333. The molecule has 4 rings (SSSR count). The Kier molecular flexibility index (Phi) is 7.22. The number of methoxy groups -OCH3 is 1. The number of carbonyl (C=O) groups excluding carboxylic acids is 1. The van der Waals surface area contributed by atoms with Crippen LogP contribution in [0.1, 0.15) is 5.56 Å². The summed E-state index contributed by atoms with van der Waals surface area (Å²) in [5.74, 6) is -0.665. The lowest BCUT2D eigenvalue weighted by Gasteiger charge is -2.18. The predicted molar refractivity (Wildman–Crippen MR) is 122 cm³/mol. The lowest BCUT2D eigenvalue weighted by molar-refractivity contribution is -0.763. The van der Waals surface area contributed by atoms with Gasteiger partial charge in [-0.15, -0.1) is 0 Å². The van der Waals surface area contributed by atoms with Crippen molar-refractivity contribution in [2.75, 3.05) is 24.4 Å². The second kappa shape index (κ2) is 10.7. The number of para-hydroxylation sites is 1. The molecular weight excluding hydrogens is 444 g/mol. The first-order valence-corrected chi connectivity index (χ1v) is 11.0. The van der Waals surface area contributed by atoms with E-state index in [9.17, 15) is 9.90 Å². The molecule has 2 aromatic heterocycles. The van der Waals surface area contributed by atoms with Crippen molar-refractivity contribution < 1.29 is 23.8 Å². The fourth-order valence-corrected chi connectivity index (χ4v) is 3.70.